The lowest BCUT2D eigenvalue weighted by atomic mass is 10.2. The molecule has 2 aromatic rings. The zero-order chi connectivity index (χ0) is 18.9. The third-order valence-electron chi connectivity index (χ3n) is 4.62. The number of methoxy groups -OCH3 is 1. The number of fused-ring (bicyclic) bond motifs is 1. The molecule has 0 amide bonds. The van der Waals surface area contributed by atoms with Gasteiger partial charge >= 0.3 is 11.7 Å². The lowest BCUT2D eigenvalue weighted by molar-refractivity contribution is -0.144. The largest absolute Gasteiger partial charge is 0.467 e. The number of hydrogen-bond donors (Lipinski definition) is 0. The quantitative estimate of drug-likeness (QED) is 0.725. The lowest BCUT2D eigenvalue weighted by Gasteiger charge is -2.19. The molecule has 0 unspecified atom stereocenters. The Labute approximate surface area is 151 Å². The molecule has 2 aromatic heterocycles. The van der Waals surface area contributed by atoms with Crippen LogP contribution in [0.15, 0.2) is 28.0 Å². The lowest BCUT2D eigenvalue weighted by Crippen LogP contribution is -2.32. The van der Waals surface area contributed by atoms with Crippen LogP contribution in [-0.4, -0.2) is 53.1 Å². The van der Waals surface area contributed by atoms with Crippen molar-refractivity contribution in [1.82, 2.24) is 18.5 Å². The number of ether oxygens (including phenoxy) is 1. The van der Waals surface area contributed by atoms with Crippen LogP contribution in [0.4, 0.5) is 0 Å². The molecule has 10 heteroatoms. The SMILES string of the molecule is COC(=O)[C@H](C)n1nc2ccc(S(=O)(=O)N3CCCCCC3)cn2c1=O. The monoisotopic (exact) mass is 382 g/mol. The highest BCUT2D eigenvalue weighted by molar-refractivity contribution is 7.89. The first-order valence-corrected chi connectivity index (χ1v) is 9.99. The zero-order valence-electron chi connectivity index (χ0n) is 14.8. The maximum atomic E-state index is 12.9. The Hall–Kier alpha value is -2.20. The van der Waals surface area contributed by atoms with Crippen LogP contribution in [0.1, 0.15) is 38.6 Å². The molecule has 142 valence electrons. The smallest absolute Gasteiger partial charge is 0.351 e. The molecule has 1 saturated heterocycles. The average Bonchev–Trinajstić information content (AvgIpc) is 2.82. The summed E-state index contributed by atoms with van der Waals surface area (Å²) in [5.41, 5.74) is -0.327. The van der Waals surface area contributed by atoms with Gasteiger partial charge in [-0.1, -0.05) is 12.8 Å². The maximum Gasteiger partial charge on any atom is 0.351 e. The van der Waals surface area contributed by atoms with Crippen molar-refractivity contribution in [2.45, 2.75) is 43.5 Å². The molecule has 0 aliphatic carbocycles. The molecule has 9 nitrogen and oxygen atoms in total. The minimum atomic E-state index is -3.68. The Balaban J connectivity index is 2.02. The standard InChI is InChI=1S/C16H22N4O5S/c1-12(15(21)25-2)20-16(22)19-11-13(7-8-14(19)17-20)26(23,24)18-9-5-3-4-6-10-18/h7-8,11-12H,3-6,9-10H2,1-2H3/t12-/m0/s1. The van der Waals surface area contributed by atoms with Gasteiger partial charge in [-0.05, 0) is 31.9 Å². The van der Waals surface area contributed by atoms with Gasteiger partial charge in [0.15, 0.2) is 11.7 Å². The third kappa shape index (κ3) is 3.26. The molecule has 0 aromatic carbocycles. The molecule has 3 rings (SSSR count). The Bertz CT molecular complexity index is 970. The summed E-state index contributed by atoms with van der Waals surface area (Å²) in [6.45, 7) is 2.45. The van der Waals surface area contributed by atoms with Crippen LogP contribution in [-0.2, 0) is 19.6 Å². The van der Waals surface area contributed by atoms with Gasteiger partial charge in [-0.2, -0.15) is 8.99 Å². The second-order valence-corrected chi connectivity index (χ2v) is 8.28. The number of sulfonamides is 1. The molecule has 0 spiro atoms. The molecule has 1 atom stereocenters. The van der Waals surface area contributed by atoms with Crippen molar-refractivity contribution in [3.05, 3.63) is 28.8 Å². The van der Waals surface area contributed by atoms with Crippen molar-refractivity contribution in [2.75, 3.05) is 20.2 Å². The van der Waals surface area contributed by atoms with E-state index in [1.165, 1.54) is 36.7 Å². The van der Waals surface area contributed by atoms with Crippen molar-refractivity contribution < 1.29 is 17.9 Å². The highest BCUT2D eigenvalue weighted by Gasteiger charge is 2.27. The van der Waals surface area contributed by atoms with Crippen molar-refractivity contribution in [3.63, 3.8) is 0 Å². The number of aromatic nitrogens is 3. The summed E-state index contributed by atoms with van der Waals surface area (Å²) in [7, 11) is -2.45. The topological polar surface area (TPSA) is 103 Å². The Morgan fingerprint density at radius 2 is 1.85 bits per heavy atom. The fraction of sp³-hybridized carbons (Fsp3) is 0.562. The van der Waals surface area contributed by atoms with Crippen LogP contribution in [0.5, 0.6) is 0 Å². The fourth-order valence-corrected chi connectivity index (χ4v) is 4.59. The molecule has 0 bridgehead atoms. The van der Waals surface area contributed by atoms with E-state index < -0.39 is 27.7 Å². The van der Waals surface area contributed by atoms with Crippen LogP contribution >= 0.6 is 0 Å². The molecular weight excluding hydrogens is 360 g/mol. The first kappa shape index (κ1) is 18.6. The summed E-state index contributed by atoms with van der Waals surface area (Å²) in [5.74, 6) is -0.604. The summed E-state index contributed by atoms with van der Waals surface area (Å²) in [4.78, 5) is 24.3. The van der Waals surface area contributed by atoms with E-state index in [4.69, 9.17) is 0 Å². The zero-order valence-corrected chi connectivity index (χ0v) is 15.6. The van der Waals surface area contributed by atoms with E-state index in [1.807, 2.05) is 0 Å². The van der Waals surface area contributed by atoms with Gasteiger partial charge in [-0.15, -0.1) is 5.10 Å². The predicted molar refractivity (Wildman–Crippen MR) is 93.4 cm³/mol. The molecule has 1 aliphatic heterocycles. The number of carbonyl (C=O) groups is 1. The number of hydrogen-bond acceptors (Lipinski definition) is 6. The third-order valence-corrected chi connectivity index (χ3v) is 6.51. The number of esters is 1. The van der Waals surface area contributed by atoms with Gasteiger partial charge in [-0.25, -0.2) is 22.4 Å². The molecule has 0 saturated carbocycles. The maximum absolute atomic E-state index is 12.9. The molecule has 0 N–H and O–H groups in total. The summed E-state index contributed by atoms with van der Waals surface area (Å²) in [6, 6.07) is 2.00. The number of nitrogens with zero attached hydrogens (tertiary/aromatic N) is 4. The van der Waals surface area contributed by atoms with E-state index in [-0.39, 0.29) is 10.5 Å². The van der Waals surface area contributed by atoms with E-state index in [2.05, 4.69) is 9.84 Å². The average molecular weight is 382 g/mol. The van der Waals surface area contributed by atoms with E-state index in [0.29, 0.717) is 13.1 Å². The van der Waals surface area contributed by atoms with Crippen molar-refractivity contribution in [3.8, 4) is 0 Å². The summed E-state index contributed by atoms with van der Waals surface area (Å²) >= 11 is 0. The first-order valence-electron chi connectivity index (χ1n) is 8.55. The molecule has 1 aliphatic rings. The molecule has 3 heterocycles. The van der Waals surface area contributed by atoms with Crippen LogP contribution < -0.4 is 5.69 Å². The molecular formula is C16H22N4O5S. The van der Waals surface area contributed by atoms with E-state index in [0.717, 1.165) is 34.8 Å². The second-order valence-electron chi connectivity index (χ2n) is 6.34. The Kier molecular flexibility index (Phi) is 5.15. The van der Waals surface area contributed by atoms with Crippen molar-refractivity contribution >= 4 is 21.6 Å². The van der Waals surface area contributed by atoms with Gasteiger partial charge < -0.3 is 4.74 Å². The van der Waals surface area contributed by atoms with Crippen molar-refractivity contribution in [2.24, 2.45) is 0 Å². The highest BCUT2D eigenvalue weighted by Crippen LogP contribution is 2.20. The van der Waals surface area contributed by atoms with Gasteiger partial charge in [0, 0.05) is 19.3 Å². The van der Waals surface area contributed by atoms with Crippen LogP contribution in [0.2, 0.25) is 0 Å². The van der Waals surface area contributed by atoms with E-state index in [1.54, 1.807) is 0 Å². The summed E-state index contributed by atoms with van der Waals surface area (Å²) in [5, 5.41) is 4.09. The predicted octanol–water partition coefficient (Wildman–Crippen LogP) is 0.795. The van der Waals surface area contributed by atoms with Gasteiger partial charge in [-0.3, -0.25) is 0 Å². The normalized spacial score (nSPS) is 17.8. The minimum absolute atomic E-state index is 0.0410. The van der Waals surface area contributed by atoms with Crippen LogP contribution in [0.3, 0.4) is 0 Å². The first-order chi connectivity index (χ1) is 12.4. The molecule has 26 heavy (non-hydrogen) atoms. The fourth-order valence-electron chi connectivity index (χ4n) is 3.08. The van der Waals surface area contributed by atoms with Crippen LogP contribution in [0, 0.1) is 0 Å². The number of rotatable bonds is 4. The van der Waals surface area contributed by atoms with Gasteiger partial charge in [0.2, 0.25) is 10.0 Å². The van der Waals surface area contributed by atoms with Crippen molar-refractivity contribution in [1.29, 1.82) is 0 Å². The van der Waals surface area contributed by atoms with Gasteiger partial charge in [0.1, 0.15) is 0 Å². The number of pyridine rings is 1. The van der Waals surface area contributed by atoms with Gasteiger partial charge in [0.25, 0.3) is 0 Å². The summed E-state index contributed by atoms with van der Waals surface area (Å²) < 4.78 is 34.0. The second kappa shape index (κ2) is 7.20. The Morgan fingerprint density at radius 3 is 2.46 bits per heavy atom. The Morgan fingerprint density at radius 1 is 1.19 bits per heavy atom. The van der Waals surface area contributed by atoms with E-state index >= 15 is 0 Å². The minimum Gasteiger partial charge on any atom is -0.467 e. The van der Waals surface area contributed by atoms with E-state index in [9.17, 15) is 18.0 Å². The number of carbonyl (C=O) groups excluding carboxylic acids is 1. The molecule has 1 fully saturated rings. The highest BCUT2D eigenvalue weighted by atomic mass is 32.2. The molecule has 0 radical (unpaired) electrons. The van der Waals surface area contributed by atoms with Crippen LogP contribution in [0.25, 0.3) is 5.65 Å². The van der Waals surface area contributed by atoms with Gasteiger partial charge in [0.05, 0.1) is 12.0 Å². The summed E-state index contributed by atoms with van der Waals surface area (Å²) in [6.07, 6.45) is 4.96.